The first-order valence-corrected chi connectivity index (χ1v) is 18.3. The van der Waals surface area contributed by atoms with Gasteiger partial charge < -0.3 is 0 Å². The lowest BCUT2D eigenvalue weighted by Gasteiger charge is -2.19. The van der Waals surface area contributed by atoms with Crippen LogP contribution >= 0.6 is 11.3 Å². The molecule has 1 heterocycles. The van der Waals surface area contributed by atoms with E-state index in [1.165, 1.54) is 97.4 Å². The molecule has 0 spiro atoms. The Balaban J connectivity index is 1.22. The van der Waals surface area contributed by atoms with Gasteiger partial charge in [0, 0.05) is 25.7 Å². The fraction of sp³-hybridized carbons (Fsp3) is 0. The molecule has 0 saturated heterocycles. The summed E-state index contributed by atoms with van der Waals surface area (Å²) >= 11 is 1.89. The molecule has 0 unspecified atom stereocenters. The topological polar surface area (TPSA) is 0 Å². The maximum Gasteiger partial charge on any atom is 0.0434 e. The lowest BCUT2D eigenvalue weighted by molar-refractivity contribution is 1.61. The van der Waals surface area contributed by atoms with Gasteiger partial charge in [-0.3, -0.25) is 0 Å². The van der Waals surface area contributed by atoms with E-state index in [-0.39, 0.29) is 0 Å². The van der Waals surface area contributed by atoms with E-state index in [1.54, 1.807) is 0 Å². The molecule has 0 bridgehead atoms. The van der Waals surface area contributed by atoms with E-state index in [4.69, 9.17) is 0 Å². The molecule has 238 valence electrons. The van der Waals surface area contributed by atoms with Gasteiger partial charge in [0.15, 0.2) is 0 Å². The Bertz CT molecular complexity index is 2880. The number of hydrogen-bond donors (Lipinski definition) is 0. The Hall–Kier alpha value is -6.28. The molecule has 0 amide bonds. The van der Waals surface area contributed by atoms with Crippen LogP contribution in [0.4, 0.5) is 0 Å². The first-order chi connectivity index (χ1) is 25.3. The zero-order valence-electron chi connectivity index (χ0n) is 27.9. The molecule has 0 fully saturated rings. The van der Waals surface area contributed by atoms with E-state index >= 15 is 0 Å². The standard InChI is InChI=1S/C50H32S/c1-4-15-33(16-5-1)39-31-44(50-46(32-39)40-23-12-13-26-47(40)51-50)38-22-14-21-36(29-38)37-27-28-43-45(30-37)49(35-19-8-3-9-20-35)42-25-11-10-24-41(42)48(43)34-17-6-2-7-18-34/h1-32H. The van der Waals surface area contributed by atoms with Gasteiger partial charge in [-0.1, -0.05) is 164 Å². The minimum Gasteiger partial charge on any atom is -0.135 e. The van der Waals surface area contributed by atoms with Crippen molar-refractivity contribution in [3.05, 3.63) is 194 Å². The highest BCUT2D eigenvalue weighted by atomic mass is 32.1. The smallest absolute Gasteiger partial charge is 0.0434 e. The van der Waals surface area contributed by atoms with Crippen molar-refractivity contribution < 1.29 is 0 Å². The Morgan fingerprint density at radius 1 is 0.255 bits per heavy atom. The highest BCUT2D eigenvalue weighted by Crippen LogP contribution is 2.46. The van der Waals surface area contributed by atoms with Crippen LogP contribution < -0.4 is 0 Å². The number of fused-ring (bicyclic) bond motifs is 5. The fourth-order valence-electron chi connectivity index (χ4n) is 7.89. The van der Waals surface area contributed by atoms with Crippen molar-refractivity contribution >= 4 is 53.1 Å². The summed E-state index contributed by atoms with van der Waals surface area (Å²) in [5.41, 5.74) is 12.4. The highest BCUT2D eigenvalue weighted by molar-refractivity contribution is 7.26. The molecule has 1 heteroatoms. The predicted molar refractivity (Wildman–Crippen MR) is 222 cm³/mol. The quantitative estimate of drug-likeness (QED) is 0.161. The molecule has 0 radical (unpaired) electrons. The monoisotopic (exact) mass is 664 g/mol. The lowest BCUT2D eigenvalue weighted by Crippen LogP contribution is -1.91. The van der Waals surface area contributed by atoms with Crippen LogP contribution in [-0.4, -0.2) is 0 Å². The molecule has 0 aliphatic carbocycles. The van der Waals surface area contributed by atoms with Crippen LogP contribution in [0.5, 0.6) is 0 Å². The Kier molecular flexibility index (Phi) is 7.11. The van der Waals surface area contributed by atoms with Crippen LogP contribution in [0.3, 0.4) is 0 Å². The summed E-state index contributed by atoms with van der Waals surface area (Å²) in [6.45, 7) is 0. The van der Waals surface area contributed by atoms with Crippen molar-refractivity contribution in [2.45, 2.75) is 0 Å². The molecule has 10 aromatic rings. The van der Waals surface area contributed by atoms with Crippen LogP contribution in [0.1, 0.15) is 0 Å². The van der Waals surface area contributed by atoms with E-state index in [9.17, 15) is 0 Å². The second-order valence-electron chi connectivity index (χ2n) is 13.2. The molecule has 0 atom stereocenters. The molecule has 0 aliphatic heterocycles. The van der Waals surface area contributed by atoms with Gasteiger partial charge in [0.1, 0.15) is 0 Å². The second kappa shape index (κ2) is 12.2. The van der Waals surface area contributed by atoms with Gasteiger partial charge in [-0.2, -0.15) is 0 Å². The van der Waals surface area contributed by atoms with Crippen LogP contribution in [0.2, 0.25) is 0 Å². The molecular formula is C50H32S. The van der Waals surface area contributed by atoms with Gasteiger partial charge >= 0.3 is 0 Å². The number of hydrogen-bond acceptors (Lipinski definition) is 1. The lowest BCUT2D eigenvalue weighted by atomic mass is 9.84. The summed E-state index contributed by atoms with van der Waals surface area (Å²) in [4.78, 5) is 0. The van der Waals surface area contributed by atoms with Crippen LogP contribution in [-0.2, 0) is 0 Å². The third-order valence-electron chi connectivity index (χ3n) is 10.2. The second-order valence-corrected chi connectivity index (χ2v) is 14.3. The van der Waals surface area contributed by atoms with Gasteiger partial charge in [-0.05, 0) is 102 Å². The third kappa shape index (κ3) is 5.05. The third-order valence-corrected chi connectivity index (χ3v) is 11.5. The van der Waals surface area contributed by atoms with E-state index in [0.717, 1.165) is 0 Å². The molecular weight excluding hydrogens is 633 g/mol. The van der Waals surface area contributed by atoms with Crippen molar-refractivity contribution in [2.24, 2.45) is 0 Å². The SMILES string of the molecule is c1ccc(-c2cc(-c3cccc(-c4ccc5c(-c6ccccc6)c6ccccc6c(-c6ccccc6)c5c4)c3)c3sc4ccccc4c3c2)cc1. The van der Waals surface area contributed by atoms with Gasteiger partial charge in [0.25, 0.3) is 0 Å². The molecule has 10 rings (SSSR count). The van der Waals surface area contributed by atoms with E-state index in [2.05, 4.69) is 194 Å². The fourth-order valence-corrected chi connectivity index (χ4v) is 9.11. The summed E-state index contributed by atoms with van der Waals surface area (Å²) < 4.78 is 2.65. The summed E-state index contributed by atoms with van der Waals surface area (Å²) in [6, 6.07) is 71.2. The molecule has 0 nitrogen and oxygen atoms in total. The highest BCUT2D eigenvalue weighted by Gasteiger charge is 2.18. The average Bonchev–Trinajstić information content (AvgIpc) is 3.59. The Morgan fingerprint density at radius 3 is 1.43 bits per heavy atom. The minimum absolute atomic E-state index is 1.21. The molecule has 0 aliphatic rings. The normalized spacial score (nSPS) is 11.5. The van der Waals surface area contributed by atoms with Crippen molar-refractivity contribution in [3.63, 3.8) is 0 Å². The maximum absolute atomic E-state index is 2.42. The first-order valence-electron chi connectivity index (χ1n) is 17.5. The predicted octanol–water partition coefficient (Wildman–Crippen LogP) is 14.7. The van der Waals surface area contributed by atoms with Gasteiger partial charge in [0.05, 0.1) is 0 Å². The summed E-state index contributed by atoms with van der Waals surface area (Å²) in [5.74, 6) is 0. The number of benzene rings is 9. The van der Waals surface area contributed by atoms with Crippen LogP contribution in [0.15, 0.2) is 194 Å². The zero-order chi connectivity index (χ0) is 33.7. The van der Waals surface area contributed by atoms with Gasteiger partial charge in [-0.15, -0.1) is 11.3 Å². The maximum atomic E-state index is 2.42. The minimum atomic E-state index is 1.21. The Morgan fingerprint density at radius 2 is 0.745 bits per heavy atom. The largest absolute Gasteiger partial charge is 0.135 e. The first kappa shape index (κ1) is 29.6. The Labute approximate surface area is 301 Å². The van der Waals surface area contributed by atoms with E-state index < -0.39 is 0 Å². The molecule has 51 heavy (non-hydrogen) atoms. The molecule has 9 aromatic carbocycles. The number of rotatable bonds is 5. The van der Waals surface area contributed by atoms with Crippen molar-refractivity contribution in [1.29, 1.82) is 0 Å². The summed E-state index contributed by atoms with van der Waals surface area (Å²) in [5, 5.41) is 7.70. The summed E-state index contributed by atoms with van der Waals surface area (Å²) in [7, 11) is 0. The van der Waals surface area contributed by atoms with Crippen LogP contribution in [0, 0.1) is 0 Å². The van der Waals surface area contributed by atoms with E-state index in [1.807, 2.05) is 11.3 Å². The summed E-state index contributed by atoms with van der Waals surface area (Å²) in [6.07, 6.45) is 0. The molecule has 0 saturated carbocycles. The zero-order valence-corrected chi connectivity index (χ0v) is 28.7. The molecule has 0 N–H and O–H groups in total. The van der Waals surface area contributed by atoms with Crippen molar-refractivity contribution in [2.75, 3.05) is 0 Å². The number of thiophene rings is 1. The molecule has 1 aromatic heterocycles. The van der Waals surface area contributed by atoms with E-state index in [0.29, 0.717) is 0 Å². The van der Waals surface area contributed by atoms with Crippen molar-refractivity contribution in [3.8, 4) is 55.6 Å². The van der Waals surface area contributed by atoms with Gasteiger partial charge in [-0.25, -0.2) is 0 Å². The van der Waals surface area contributed by atoms with Crippen molar-refractivity contribution in [1.82, 2.24) is 0 Å². The van der Waals surface area contributed by atoms with Crippen LogP contribution in [0.25, 0.3) is 97.4 Å². The van der Waals surface area contributed by atoms with Gasteiger partial charge in [0.2, 0.25) is 0 Å². The average molecular weight is 665 g/mol.